The van der Waals surface area contributed by atoms with Gasteiger partial charge in [-0.05, 0) is 30.3 Å². The molecule has 4 nitrogen and oxygen atoms in total. The number of carbonyl (C=O) groups excluding carboxylic acids is 1. The summed E-state index contributed by atoms with van der Waals surface area (Å²) < 4.78 is 0.907. The fraction of sp³-hybridized carbons (Fsp3) is 0.350. The topological polar surface area (TPSA) is 41.1 Å². The van der Waals surface area contributed by atoms with Gasteiger partial charge in [0.15, 0.2) is 0 Å². The minimum Gasteiger partial charge on any atom is -1.00 e. The van der Waals surface area contributed by atoms with Gasteiger partial charge in [-0.15, -0.1) is 0 Å². The largest absolute Gasteiger partial charge is 1.00 e. The normalized spacial score (nSPS) is 21.2. The predicted octanol–water partition coefficient (Wildman–Crippen LogP) is 3.23. The lowest BCUT2D eigenvalue weighted by Crippen LogP contribution is -3.00. The summed E-state index contributed by atoms with van der Waals surface area (Å²) in [6.07, 6.45) is 1.82. The molecule has 0 bridgehead atoms. The Hall–Kier alpha value is -0.440. The maximum Gasteiger partial charge on any atom is 0.319 e. The van der Waals surface area contributed by atoms with Crippen LogP contribution in [-0.2, 0) is 6.54 Å². The fourth-order valence-corrected chi connectivity index (χ4v) is 4.12. The molecule has 29 heavy (non-hydrogen) atoms. The van der Waals surface area contributed by atoms with Crippen LogP contribution in [0.2, 0.25) is 20.1 Å². The minimum atomic E-state index is -0.232. The molecule has 2 N–H and O–H groups in total. The molecule has 0 aliphatic carbocycles. The van der Waals surface area contributed by atoms with E-state index in [1.807, 2.05) is 18.2 Å². The number of nitrogens with one attached hydrogen (secondary N) is 2. The van der Waals surface area contributed by atoms with Gasteiger partial charge in [0.05, 0.1) is 40.2 Å². The van der Waals surface area contributed by atoms with Crippen molar-refractivity contribution in [1.82, 2.24) is 5.32 Å². The highest BCUT2D eigenvalue weighted by Gasteiger charge is 2.31. The number of nitrogens with zero attached hydrogens (tertiary/aromatic N) is 1. The van der Waals surface area contributed by atoms with Crippen LogP contribution < -0.4 is 34.6 Å². The second-order valence-corrected chi connectivity index (χ2v) is 9.10. The number of carbonyl (C=O) groups is 1. The molecule has 0 aromatic heterocycles. The van der Waals surface area contributed by atoms with Crippen molar-refractivity contribution in [3.8, 4) is 0 Å². The summed E-state index contributed by atoms with van der Waals surface area (Å²) in [6, 6.07) is 10.7. The Labute approximate surface area is 208 Å². The van der Waals surface area contributed by atoms with E-state index in [4.69, 9.17) is 46.4 Å². The third-order valence-corrected chi connectivity index (χ3v) is 6.57. The summed E-state index contributed by atoms with van der Waals surface area (Å²) in [4.78, 5) is 12.3. The lowest BCUT2D eigenvalue weighted by atomic mass is 10.0. The summed E-state index contributed by atoms with van der Waals surface area (Å²) in [5, 5.41) is 7.87. The highest BCUT2D eigenvalue weighted by Crippen LogP contribution is 2.27. The quantitative estimate of drug-likeness (QED) is 0.418. The first-order valence-electron chi connectivity index (χ1n) is 9.04. The second kappa shape index (κ2) is 10.7. The number of piperidine rings is 1. The number of hydrogen-bond donors (Lipinski definition) is 2. The van der Waals surface area contributed by atoms with Crippen molar-refractivity contribution in [1.29, 1.82) is 0 Å². The Kier molecular flexibility index (Phi) is 9.19. The van der Waals surface area contributed by atoms with Crippen molar-refractivity contribution in [3.05, 3.63) is 62.1 Å². The zero-order valence-corrected chi connectivity index (χ0v) is 21.0. The summed E-state index contributed by atoms with van der Waals surface area (Å²) in [7, 11) is 2.23. The van der Waals surface area contributed by atoms with Crippen LogP contribution in [-0.4, -0.2) is 36.7 Å². The van der Waals surface area contributed by atoms with Crippen molar-refractivity contribution in [2.45, 2.75) is 25.4 Å². The van der Waals surface area contributed by atoms with Gasteiger partial charge in [0.2, 0.25) is 0 Å². The highest BCUT2D eigenvalue weighted by atomic mass is 127. The van der Waals surface area contributed by atoms with Crippen molar-refractivity contribution in [2.24, 2.45) is 0 Å². The SMILES string of the molecule is C[N+]1(Cc2ccc(Cl)c(Cl)c2)CCC(NC(=O)Nc2ccc(Cl)c(Cl)c2)CC1.[I-]. The predicted molar refractivity (Wildman–Crippen MR) is 118 cm³/mol. The van der Waals surface area contributed by atoms with Crippen LogP contribution in [0.5, 0.6) is 0 Å². The number of halogens is 5. The molecule has 1 heterocycles. The van der Waals surface area contributed by atoms with Crippen LogP contribution in [0.3, 0.4) is 0 Å². The lowest BCUT2D eigenvalue weighted by Gasteiger charge is -2.40. The van der Waals surface area contributed by atoms with E-state index in [0.717, 1.165) is 37.0 Å². The van der Waals surface area contributed by atoms with Gasteiger partial charge in [0.25, 0.3) is 0 Å². The van der Waals surface area contributed by atoms with Crippen molar-refractivity contribution in [2.75, 3.05) is 25.5 Å². The standard InChI is InChI=1S/C20H21Cl4N3O.HI/c1-27(12-13-2-4-16(21)18(23)10-13)8-6-14(7-9-27)25-20(28)26-15-3-5-17(22)19(24)11-15;/h2-5,10-11,14H,6-9,12H2,1H3,(H-,25,26,28);1H. The second-order valence-electron chi connectivity index (χ2n) is 7.47. The number of likely N-dealkylation sites (tertiary alicyclic amines) is 1. The Bertz CT molecular complexity index is 873. The molecule has 1 fully saturated rings. The fourth-order valence-electron chi connectivity index (χ4n) is 3.50. The first-order valence-corrected chi connectivity index (χ1v) is 10.6. The molecule has 3 rings (SSSR count). The minimum absolute atomic E-state index is 0. The van der Waals surface area contributed by atoms with Gasteiger partial charge < -0.3 is 39.1 Å². The Morgan fingerprint density at radius 3 is 2.14 bits per heavy atom. The molecule has 0 saturated carbocycles. The molecule has 2 amide bonds. The van der Waals surface area contributed by atoms with Gasteiger partial charge >= 0.3 is 6.03 Å². The summed E-state index contributed by atoms with van der Waals surface area (Å²) in [5.74, 6) is 0. The van der Waals surface area contributed by atoms with Crippen LogP contribution in [0.1, 0.15) is 18.4 Å². The molecule has 0 radical (unpaired) electrons. The van der Waals surface area contributed by atoms with Gasteiger partial charge in [0, 0.05) is 30.1 Å². The van der Waals surface area contributed by atoms with E-state index in [1.54, 1.807) is 18.2 Å². The number of amides is 2. The van der Waals surface area contributed by atoms with Crippen LogP contribution in [0, 0.1) is 0 Å². The first kappa shape index (κ1) is 24.8. The number of benzene rings is 2. The smallest absolute Gasteiger partial charge is 0.319 e. The number of quaternary nitrogens is 1. The molecular weight excluding hydrogens is 567 g/mol. The van der Waals surface area contributed by atoms with Gasteiger partial charge in [-0.25, -0.2) is 4.79 Å². The Morgan fingerprint density at radius 2 is 1.55 bits per heavy atom. The van der Waals surface area contributed by atoms with Gasteiger partial charge in [-0.1, -0.05) is 52.5 Å². The first-order chi connectivity index (χ1) is 13.2. The summed E-state index contributed by atoms with van der Waals surface area (Å²) in [6.45, 7) is 2.83. The molecule has 1 aliphatic heterocycles. The van der Waals surface area contributed by atoms with E-state index in [-0.39, 0.29) is 36.0 Å². The molecule has 0 spiro atoms. The monoisotopic (exact) mass is 587 g/mol. The number of rotatable bonds is 4. The molecule has 158 valence electrons. The number of urea groups is 1. The van der Waals surface area contributed by atoms with Gasteiger partial charge in [-0.2, -0.15) is 0 Å². The van der Waals surface area contributed by atoms with Crippen LogP contribution in [0.15, 0.2) is 36.4 Å². The number of hydrogen-bond acceptors (Lipinski definition) is 1. The van der Waals surface area contributed by atoms with Crippen LogP contribution in [0.25, 0.3) is 0 Å². The molecule has 2 aromatic rings. The van der Waals surface area contributed by atoms with E-state index in [0.29, 0.717) is 25.8 Å². The van der Waals surface area contributed by atoms with E-state index < -0.39 is 0 Å². The van der Waals surface area contributed by atoms with Crippen LogP contribution in [0.4, 0.5) is 10.5 Å². The third-order valence-electron chi connectivity index (χ3n) is 5.10. The Balaban J connectivity index is 0.00000300. The van der Waals surface area contributed by atoms with E-state index in [2.05, 4.69) is 17.7 Å². The molecule has 1 saturated heterocycles. The van der Waals surface area contributed by atoms with Gasteiger partial charge in [-0.3, -0.25) is 0 Å². The average Bonchev–Trinajstić information content (AvgIpc) is 2.63. The molecule has 0 atom stereocenters. The molecule has 2 aromatic carbocycles. The van der Waals surface area contributed by atoms with Crippen LogP contribution >= 0.6 is 46.4 Å². The van der Waals surface area contributed by atoms with Crippen molar-refractivity contribution >= 4 is 58.1 Å². The maximum atomic E-state index is 12.3. The zero-order chi connectivity index (χ0) is 20.3. The molecule has 0 unspecified atom stereocenters. The van der Waals surface area contributed by atoms with Gasteiger partial charge in [0.1, 0.15) is 6.54 Å². The van der Waals surface area contributed by atoms with Crippen molar-refractivity contribution < 1.29 is 33.3 Å². The third kappa shape index (κ3) is 7.04. The average molecular weight is 589 g/mol. The molecule has 1 aliphatic rings. The molecule has 9 heteroatoms. The Morgan fingerprint density at radius 1 is 0.966 bits per heavy atom. The zero-order valence-electron chi connectivity index (χ0n) is 15.8. The van der Waals surface area contributed by atoms with E-state index >= 15 is 0 Å². The highest BCUT2D eigenvalue weighted by molar-refractivity contribution is 6.42. The van der Waals surface area contributed by atoms with E-state index in [1.165, 1.54) is 5.56 Å². The number of anilines is 1. The van der Waals surface area contributed by atoms with Crippen molar-refractivity contribution in [3.63, 3.8) is 0 Å². The maximum absolute atomic E-state index is 12.3. The summed E-state index contributed by atoms with van der Waals surface area (Å²) >= 11 is 24.0. The molecular formula is C20H22Cl4IN3O. The van der Waals surface area contributed by atoms with E-state index in [9.17, 15) is 4.79 Å². The summed E-state index contributed by atoms with van der Waals surface area (Å²) in [5.41, 5.74) is 1.78. The lowest BCUT2D eigenvalue weighted by molar-refractivity contribution is -0.927.